The number of amides is 3. The summed E-state index contributed by atoms with van der Waals surface area (Å²) in [7, 11) is 0. The molecule has 2 saturated heterocycles. The minimum Gasteiger partial charge on any atom is -0.378 e. The number of morpholine rings is 1. The highest BCUT2D eigenvalue weighted by Crippen LogP contribution is 2.28. The van der Waals surface area contributed by atoms with E-state index in [9.17, 15) is 14.4 Å². The normalized spacial score (nSPS) is 16.3. The molecule has 0 radical (unpaired) electrons. The zero-order chi connectivity index (χ0) is 25.7. The number of carbonyl (C=O) groups excluding carboxylic acids is 3. The molecule has 2 aliphatic rings. The van der Waals surface area contributed by atoms with Crippen LogP contribution in [0, 0.1) is 5.92 Å². The van der Waals surface area contributed by atoms with Gasteiger partial charge < -0.3 is 24.8 Å². The van der Waals surface area contributed by atoms with Crippen molar-refractivity contribution in [3.63, 3.8) is 0 Å². The minimum absolute atomic E-state index is 0.0887. The quantitative estimate of drug-likeness (QED) is 0.637. The van der Waals surface area contributed by atoms with Gasteiger partial charge in [-0.05, 0) is 48.4 Å². The molecule has 0 saturated carbocycles. The van der Waals surface area contributed by atoms with E-state index < -0.39 is 0 Å². The Labute approximate surface area is 217 Å². The van der Waals surface area contributed by atoms with Crippen LogP contribution >= 0.6 is 11.6 Å². The van der Waals surface area contributed by atoms with Crippen molar-refractivity contribution in [2.45, 2.75) is 20.3 Å². The molecule has 192 valence electrons. The van der Waals surface area contributed by atoms with Gasteiger partial charge in [0.15, 0.2) is 0 Å². The van der Waals surface area contributed by atoms with E-state index in [1.165, 1.54) is 0 Å². The minimum atomic E-state index is -0.276. The van der Waals surface area contributed by atoms with Crippen LogP contribution in [0.15, 0.2) is 42.5 Å². The van der Waals surface area contributed by atoms with Crippen molar-refractivity contribution in [1.82, 2.24) is 9.80 Å². The summed E-state index contributed by atoms with van der Waals surface area (Å²) in [6.45, 7) is 8.67. The zero-order valence-electron chi connectivity index (χ0n) is 20.8. The number of hydrogen-bond donors (Lipinski definition) is 1. The number of rotatable bonds is 6. The lowest BCUT2D eigenvalue weighted by Crippen LogP contribution is -2.49. The third-order valence-corrected chi connectivity index (χ3v) is 6.70. The lowest BCUT2D eigenvalue weighted by molar-refractivity contribution is -0.132. The summed E-state index contributed by atoms with van der Waals surface area (Å²) in [5, 5.41) is 3.45. The van der Waals surface area contributed by atoms with Crippen molar-refractivity contribution in [1.29, 1.82) is 0 Å². The lowest BCUT2D eigenvalue weighted by atomic mass is 10.1. The molecule has 0 aromatic heterocycles. The fourth-order valence-electron chi connectivity index (χ4n) is 4.48. The summed E-state index contributed by atoms with van der Waals surface area (Å²) in [4.78, 5) is 44.7. The Morgan fingerprint density at radius 1 is 0.917 bits per heavy atom. The number of nitrogens with zero attached hydrogens (tertiary/aromatic N) is 3. The van der Waals surface area contributed by atoms with Gasteiger partial charge in [0.25, 0.3) is 11.8 Å². The standard InChI is InChI=1S/C27H33ClN4O4/c1-19(2)17-25(33)31-11-9-30(10-12-31)24-8-7-22(29-26(34)20-3-5-21(28)6-4-20)18-23(24)27(35)32-13-15-36-16-14-32/h3-8,18-19H,9-17H2,1-2H3,(H,29,34). The SMILES string of the molecule is CC(C)CC(=O)N1CCN(c2ccc(NC(=O)c3ccc(Cl)cc3)cc2C(=O)N2CCOCC2)CC1. The number of anilines is 2. The number of piperazine rings is 1. The smallest absolute Gasteiger partial charge is 0.256 e. The summed E-state index contributed by atoms with van der Waals surface area (Å²) in [6, 6.07) is 12.1. The predicted octanol–water partition coefficient (Wildman–Crippen LogP) is 3.76. The van der Waals surface area contributed by atoms with E-state index in [-0.39, 0.29) is 17.7 Å². The van der Waals surface area contributed by atoms with Gasteiger partial charge in [0.05, 0.1) is 18.8 Å². The van der Waals surface area contributed by atoms with Crippen LogP contribution in [-0.4, -0.2) is 80.0 Å². The topological polar surface area (TPSA) is 82.2 Å². The van der Waals surface area contributed by atoms with Crippen LogP contribution < -0.4 is 10.2 Å². The van der Waals surface area contributed by atoms with E-state index in [1.54, 1.807) is 35.2 Å². The van der Waals surface area contributed by atoms with E-state index in [0.29, 0.717) is 86.7 Å². The monoisotopic (exact) mass is 512 g/mol. The Morgan fingerprint density at radius 3 is 2.22 bits per heavy atom. The molecule has 2 heterocycles. The largest absolute Gasteiger partial charge is 0.378 e. The molecule has 2 aromatic carbocycles. The second-order valence-corrected chi connectivity index (χ2v) is 10.00. The van der Waals surface area contributed by atoms with E-state index >= 15 is 0 Å². The summed E-state index contributed by atoms with van der Waals surface area (Å²) < 4.78 is 5.42. The maximum Gasteiger partial charge on any atom is 0.256 e. The molecule has 1 N–H and O–H groups in total. The molecule has 36 heavy (non-hydrogen) atoms. The van der Waals surface area contributed by atoms with Gasteiger partial charge in [0, 0.05) is 67.7 Å². The third-order valence-electron chi connectivity index (χ3n) is 6.45. The molecule has 0 unspecified atom stereocenters. The second kappa shape index (κ2) is 11.8. The average Bonchev–Trinajstić information content (AvgIpc) is 2.89. The highest BCUT2D eigenvalue weighted by Gasteiger charge is 2.27. The molecule has 4 rings (SSSR count). The van der Waals surface area contributed by atoms with Crippen molar-refractivity contribution in [3.05, 3.63) is 58.6 Å². The molecular formula is C27H33ClN4O4. The van der Waals surface area contributed by atoms with Crippen LogP contribution in [0.3, 0.4) is 0 Å². The van der Waals surface area contributed by atoms with Gasteiger partial charge in [-0.15, -0.1) is 0 Å². The van der Waals surface area contributed by atoms with Gasteiger partial charge in [0.2, 0.25) is 5.91 Å². The summed E-state index contributed by atoms with van der Waals surface area (Å²) in [5.74, 6) is 0.133. The molecular weight excluding hydrogens is 480 g/mol. The highest BCUT2D eigenvalue weighted by atomic mass is 35.5. The Bertz CT molecular complexity index is 1090. The van der Waals surface area contributed by atoms with E-state index in [4.69, 9.17) is 16.3 Å². The Morgan fingerprint density at radius 2 is 1.58 bits per heavy atom. The van der Waals surface area contributed by atoms with Crippen molar-refractivity contribution in [2.75, 3.05) is 62.7 Å². The number of carbonyl (C=O) groups is 3. The van der Waals surface area contributed by atoms with Crippen molar-refractivity contribution >= 4 is 40.7 Å². The summed E-state index contributed by atoms with van der Waals surface area (Å²) >= 11 is 5.94. The van der Waals surface area contributed by atoms with Gasteiger partial charge in [0.1, 0.15) is 0 Å². The van der Waals surface area contributed by atoms with Crippen LogP contribution in [-0.2, 0) is 9.53 Å². The van der Waals surface area contributed by atoms with Crippen LogP contribution in [0.4, 0.5) is 11.4 Å². The van der Waals surface area contributed by atoms with Crippen molar-refractivity contribution in [3.8, 4) is 0 Å². The average molecular weight is 513 g/mol. The first-order chi connectivity index (χ1) is 17.3. The number of ether oxygens (including phenoxy) is 1. The second-order valence-electron chi connectivity index (χ2n) is 9.56. The molecule has 9 heteroatoms. The van der Waals surface area contributed by atoms with Gasteiger partial charge in [-0.3, -0.25) is 14.4 Å². The van der Waals surface area contributed by atoms with Crippen LogP contribution in [0.1, 0.15) is 41.0 Å². The van der Waals surface area contributed by atoms with Crippen molar-refractivity contribution < 1.29 is 19.1 Å². The molecule has 2 fully saturated rings. The van der Waals surface area contributed by atoms with E-state index in [0.717, 1.165) is 5.69 Å². The van der Waals surface area contributed by atoms with Crippen LogP contribution in [0.5, 0.6) is 0 Å². The number of nitrogens with one attached hydrogen (secondary N) is 1. The van der Waals surface area contributed by atoms with Crippen LogP contribution in [0.2, 0.25) is 5.02 Å². The molecule has 8 nitrogen and oxygen atoms in total. The molecule has 0 atom stereocenters. The van der Waals surface area contributed by atoms with E-state index in [1.807, 2.05) is 30.9 Å². The first kappa shape index (κ1) is 26.0. The van der Waals surface area contributed by atoms with Gasteiger partial charge in [-0.25, -0.2) is 0 Å². The Hall–Kier alpha value is -3.10. The Kier molecular flexibility index (Phi) is 8.48. The highest BCUT2D eigenvalue weighted by molar-refractivity contribution is 6.30. The predicted molar refractivity (Wildman–Crippen MR) is 141 cm³/mol. The molecule has 0 aliphatic carbocycles. The first-order valence-electron chi connectivity index (χ1n) is 12.4. The van der Waals surface area contributed by atoms with Gasteiger partial charge >= 0.3 is 0 Å². The molecule has 2 aromatic rings. The zero-order valence-corrected chi connectivity index (χ0v) is 21.6. The maximum absolute atomic E-state index is 13.6. The maximum atomic E-state index is 13.6. The molecule has 0 spiro atoms. The molecule has 2 aliphatic heterocycles. The fraction of sp³-hybridized carbons (Fsp3) is 0.444. The number of hydrogen-bond acceptors (Lipinski definition) is 5. The molecule has 0 bridgehead atoms. The molecule has 3 amide bonds. The third kappa shape index (κ3) is 6.36. The first-order valence-corrected chi connectivity index (χ1v) is 12.8. The summed E-state index contributed by atoms with van der Waals surface area (Å²) in [6.07, 6.45) is 0.544. The van der Waals surface area contributed by atoms with Crippen molar-refractivity contribution in [2.24, 2.45) is 5.92 Å². The fourth-order valence-corrected chi connectivity index (χ4v) is 4.60. The number of benzene rings is 2. The van der Waals surface area contributed by atoms with E-state index in [2.05, 4.69) is 10.2 Å². The van der Waals surface area contributed by atoms with Gasteiger partial charge in [-0.1, -0.05) is 25.4 Å². The van der Waals surface area contributed by atoms with Gasteiger partial charge in [-0.2, -0.15) is 0 Å². The lowest BCUT2D eigenvalue weighted by Gasteiger charge is -2.38. The van der Waals surface area contributed by atoms with Crippen LogP contribution in [0.25, 0.3) is 0 Å². The summed E-state index contributed by atoms with van der Waals surface area (Å²) in [5.41, 5.74) is 2.37. The number of halogens is 1. The Balaban J connectivity index is 1.54.